The predicted octanol–water partition coefficient (Wildman–Crippen LogP) is 3.44. The van der Waals surface area contributed by atoms with E-state index in [1.54, 1.807) is 12.3 Å². The number of nitrogens with one attached hydrogen (secondary N) is 1. The van der Waals surface area contributed by atoms with Crippen LogP contribution in [0.1, 0.15) is 5.56 Å². The second kappa shape index (κ2) is 5.28. The van der Waals surface area contributed by atoms with E-state index in [1.165, 1.54) is 18.5 Å². The lowest BCUT2D eigenvalue weighted by Crippen LogP contribution is -2.18. The van der Waals surface area contributed by atoms with Gasteiger partial charge >= 0.3 is 6.18 Å². The Hall–Kier alpha value is -2.64. The number of aryl methyl sites for hydroxylation is 1. The molecule has 0 aliphatic carbocycles. The number of rotatable bonds is 3. The summed E-state index contributed by atoms with van der Waals surface area (Å²) in [6.07, 6.45) is 0.185. The summed E-state index contributed by atoms with van der Waals surface area (Å²) in [5.74, 6) is 0.813. The Kier molecular flexibility index (Phi) is 3.44. The summed E-state index contributed by atoms with van der Waals surface area (Å²) in [5, 5.41) is 7.46. The molecule has 0 bridgehead atoms. The third kappa shape index (κ3) is 3.00. The molecule has 3 heterocycles. The summed E-state index contributed by atoms with van der Waals surface area (Å²) < 4.78 is 38.9. The lowest BCUT2D eigenvalue weighted by atomic mass is 10.3. The summed E-state index contributed by atoms with van der Waals surface area (Å²) in [7, 11) is 0. The molecule has 114 valence electrons. The van der Waals surface area contributed by atoms with E-state index in [1.807, 2.05) is 13.0 Å². The summed E-state index contributed by atoms with van der Waals surface area (Å²) >= 11 is 0. The van der Waals surface area contributed by atoms with Gasteiger partial charge in [0, 0.05) is 18.6 Å². The fraction of sp³-hybridized carbons (Fsp3) is 0.214. The first-order valence-electron chi connectivity index (χ1n) is 6.49. The van der Waals surface area contributed by atoms with Gasteiger partial charge < -0.3 is 5.32 Å². The van der Waals surface area contributed by atoms with Crippen molar-refractivity contribution >= 4 is 22.5 Å². The largest absolute Gasteiger partial charge is 0.408 e. The van der Waals surface area contributed by atoms with E-state index in [2.05, 4.69) is 20.4 Å². The van der Waals surface area contributed by atoms with E-state index < -0.39 is 12.7 Å². The molecule has 3 rings (SSSR count). The summed E-state index contributed by atoms with van der Waals surface area (Å²) in [4.78, 5) is 8.07. The molecule has 0 aliphatic rings. The number of fused-ring (bicyclic) bond motifs is 1. The van der Waals surface area contributed by atoms with Crippen LogP contribution in [0.5, 0.6) is 0 Å². The van der Waals surface area contributed by atoms with E-state index in [0.29, 0.717) is 22.5 Å². The van der Waals surface area contributed by atoms with E-state index in [-0.39, 0.29) is 0 Å². The average Bonchev–Trinajstić information content (AvgIpc) is 2.75. The molecule has 0 aliphatic heterocycles. The predicted molar refractivity (Wildman–Crippen MR) is 75.8 cm³/mol. The van der Waals surface area contributed by atoms with Gasteiger partial charge in [-0.25, -0.2) is 4.98 Å². The van der Waals surface area contributed by atoms with Gasteiger partial charge in [-0.05, 0) is 30.7 Å². The fourth-order valence-electron chi connectivity index (χ4n) is 2.13. The Bertz CT molecular complexity index is 810. The lowest BCUT2D eigenvalue weighted by molar-refractivity contribution is -0.141. The minimum atomic E-state index is -4.35. The van der Waals surface area contributed by atoms with Crippen molar-refractivity contribution in [2.24, 2.45) is 0 Å². The fourth-order valence-corrected chi connectivity index (χ4v) is 2.13. The number of nitrogens with zero attached hydrogens (tertiary/aromatic N) is 4. The molecule has 22 heavy (non-hydrogen) atoms. The third-order valence-corrected chi connectivity index (χ3v) is 3.04. The van der Waals surface area contributed by atoms with Gasteiger partial charge in [0.05, 0.1) is 10.9 Å². The Morgan fingerprint density at radius 2 is 2.05 bits per heavy atom. The molecular formula is C14H12F3N5. The molecule has 3 aromatic heterocycles. The van der Waals surface area contributed by atoms with Gasteiger partial charge in [-0.1, -0.05) is 0 Å². The Morgan fingerprint density at radius 3 is 2.77 bits per heavy atom. The highest BCUT2D eigenvalue weighted by Crippen LogP contribution is 2.27. The van der Waals surface area contributed by atoms with Gasteiger partial charge in [0.2, 0.25) is 0 Å². The molecule has 0 atom stereocenters. The van der Waals surface area contributed by atoms with Crippen molar-refractivity contribution in [2.75, 3.05) is 5.32 Å². The zero-order chi connectivity index (χ0) is 15.7. The van der Waals surface area contributed by atoms with Gasteiger partial charge in [0.1, 0.15) is 12.4 Å². The maximum Gasteiger partial charge on any atom is 0.408 e. The monoisotopic (exact) mass is 307 g/mol. The maximum atomic E-state index is 12.6. The minimum Gasteiger partial charge on any atom is -0.323 e. The van der Waals surface area contributed by atoms with Crippen molar-refractivity contribution in [3.05, 3.63) is 42.4 Å². The zero-order valence-corrected chi connectivity index (χ0v) is 11.6. The van der Waals surface area contributed by atoms with Crippen LogP contribution in [0.25, 0.3) is 10.9 Å². The molecule has 0 radical (unpaired) electrons. The van der Waals surface area contributed by atoms with Crippen molar-refractivity contribution in [1.82, 2.24) is 19.7 Å². The molecule has 1 N–H and O–H groups in total. The second-order valence-electron chi connectivity index (χ2n) is 4.86. The first-order chi connectivity index (χ1) is 10.4. The van der Waals surface area contributed by atoms with Crippen LogP contribution in [-0.4, -0.2) is 25.9 Å². The first-order valence-corrected chi connectivity index (χ1v) is 6.49. The van der Waals surface area contributed by atoms with Crippen molar-refractivity contribution in [1.29, 1.82) is 0 Å². The van der Waals surface area contributed by atoms with E-state index in [9.17, 15) is 13.2 Å². The smallest absolute Gasteiger partial charge is 0.323 e. The van der Waals surface area contributed by atoms with Crippen LogP contribution in [0, 0.1) is 6.92 Å². The molecule has 0 fully saturated rings. The maximum absolute atomic E-state index is 12.6. The molecule has 0 aromatic carbocycles. The van der Waals surface area contributed by atoms with Crippen molar-refractivity contribution in [3.63, 3.8) is 0 Å². The van der Waals surface area contributed by atoms with Gasteiger partial charge in [-0.15, -0.1) is 0 Å². The number of anilines is 2. The summed E-state index contributed by atoms with van der Waals surface area (Å²) in [5.41, 5.74) is 1.34. The number of halogens is 3. The van der Waals surface area contributed by atoms with Crippen LogP contribution in [0.2, 0.25) is 0 Å². The van der Waals surface area contributed by atoms with Crippen LogP contribution in [0.15, 0.2) is 36.8 Å². The quantitative estimate of drug-likeness (QED) is 0.805. The molecule has 5 nitrogen and oxygen atoms in total. The van der Waals surface area contributed by atoms with E-state index >= 15 is 0 Å². The van der Waals surface area contributed by atoms with Gasteiger partial charge in [0.15, 0.2) is 5.82 Å². The number of aromatic nitrogens is 4. The minimum absolute atomic E-state index is 0.297. The van der Waals surface area contributed by atoms with Gasteiger partial charge in [-0.2, -0.15) is 18.3 Å². The van der Waals surface area contributed by atoms with Crippen molar-refractivity contribution < 1.29 is 13.2 Å². The molecule has 8 heteroatoms. The first kappa shape index (κ1) is 14.3. The Labute approximate surface area is 123 Å². The molecule has 0 saturated heterocycles. The second-order valence-corrected chi connectivity index (χ2v) is 4.86. The van der Waals surface area contributed by atoms with Crippen molar-refractivity contribution in [3.8, 4) is 0 Å². The summed E-state index contributed by atoms with van der Waals surface area (Å²) in [6, 6.07) is 5.11. The highest BCUT2D eigenvalue weighted by molar-refractivity contribution is 5.90. The molecule has 0 saturated carbocycles. The normalized spacial score (nSPS) is 11.8. The number of hydrogen-bond donors (Lipinski definition) is 1. The molecule has 0 unspecified atom stereocenters. The lowest BCUT2D eigenvalue weighted by Gasteiger charge is -2.07. The van der Waals surface area contributed by atoms with Crippen molar-refractivity contribution in [2.45, 2.75) is 19.6 Å². The molecule has 3 aromatic rings. The van der Waals surface area contributed by atoms with Crippen LogP contribution in [0.3, 0.4) is 0 Å². The molecular weight excluding hydrogens is 295 g/mol. The third-order valence-electron chi connectivity index (χ3n) is 3.04. The van der Waals surface area contributed by atoms with Crippen LogP contribution in [0.4, 0.5) is 24.8 Å². The van der Waals surface area contributed by atoms with E-state index in [4.69, 9.17) is 0 Å². The number of hydrogen-bond acceptors (Lipinski definition) is 4. The van der Waals surface area contributed by atoms with Crippen LogP contribution >= 0.6 is 0 Å². The SMILES string of the molecule is Cc1ccnc(Nc2nn(CC(F)(F)F)c3ccncc23)c1. The number of pyridine rings is 2. The summed E-state index contributed by atoms with van der Waals surface area (Å²) in [6.45, 7) is 0.741. The molecule has 0 spiro atoms. The Morgan fingerprint density at radius 1 is 1.23 bits per heavy atom. The zero-order valence-electron chi connectivity index (χ0n) is 11.6. The number of alkyl halides is 3. The topological polar surface area (TPSA) is 55.6 Å². The molecule has 0 amide bonds. The van der Waals surface area contributed by atoms with Crippen LogP contribution in [-0.2, 0) is 6.54 Å². The standard InChI is InChI=1S/C14H12F3N5/c1-9-2-5-19-12(6-9)20-13-10-7-18-4-3-11(10)22(21-13)8-14(15,16)17/h2-7H,8H2,1H3,(H,19,20,21). The highest BCUT2D eigenvalue weighted by Gasteiger charge is 2.29. The van der Waals surface area contributed by atoms with Gasteiger partial charge in [0.25, 0.3) is 0 Å². The average molecular weight is 307 g/mol. The Balaban J connectivity index is 2.02. The highest BCUT2D eigenvalue weighted by atomic mass is 19.4. The van der Waals surface area contributed by atoms with Crippen LogP contribution < -0.4 is 5.32 Å². The van der Waals surface area contributed by atoms with E-state index in [0.717, 1.165) is 10.2 Å². The van der Waals surface area contributed by atoms with Gasteiger partial charge in [-0.3, -0.25) is 9.67 Å².